The van der Waals surface area contributed by atoms with Crippen LogP contribution >= 0.6 is 0 Å². The van der Waals surface area contributed by atoms with Crippen molar-refractivity contribution in [3.63, 3.8) is 0 Å². The number of morpholine rings is 1. The van der Waals surface area contributed by atoms with E-state index in [0.717, 1.165) is 24.3 Å². The van der Waals surface area contributed by atoms with Crippen molar-refractivity contribution in [2.75, 3.05) is 44.9 Å². The number of carbonyl (C=O) groups is 2. The fourth-order valence-corrected chi connectivity index (χ4v) is 3.77. The molecule has 0 atom stereocenters. The monoisotopic (exact) mass is 395 g/mol. The van der Waals surface area contributed by atoms with Gasteiger partial charge in [0.1, 0.15) is 5.75 Å². The number of carbonyl (C=O) groups excluding carboxylic acids is 2. The number of methoxy groups -OCH3 is 1. The number of ether oxygens (including phenoxy) is 2. The smallest absolute Gasteiger partial charge is 0.326 e. The van der Waals surface area contributed by atoms with Crippen molar-refractivity contribution >= 4 is 23.2 Å². The van der Waals surface area contributed by atoms with Crippen molar-refractivity contribution in [3.8, 4) is 5.75 Å². The highest BCUT2D eigenvalue weighted by Crippen LogP contribution is 2.38. The lowest BCUT2D eigenvalue weighted by Gasteiger charge is -2.31. The van der Waals surface area contributed by atoms with Gasteiger partial charge in [0.15, 0.2) is 5.78 Å². The predicted molar refractivity (Wildman–Crippen MR) is 110 cm³/mol. The third-order valence-corrected chi connectivity index (χ3v) is 5.36. The zero-order valence-corrected chi connectivity index (χ0v) is 16.5. The van der Waals surface area contributed by atoms with Crippen LogP contribution in [0.1, 0.15) is 22.3 Å². The van der Waals surface area contributed by atoms with E-state index < -0.39 is 0 Å². The number of benzene rings is 2. The summed E-state index contributed by atoms with van der Waals surface area (Å²) in [6, 6.07) is 12.8. The van der Waals surface area contributed by atoms with Gasteiger partial charge in [-0.25, -0.2) is 4.79 Å². The number of Topliss-reactive ketones (excluding diaryl/α,β-unsaturated/α-hetero) is 1. The normalized spacial score (nSPS) is 16.9. The van der Waals surface area contributed by atoms with E-state index in [2.05, 4.69) is 10.2 Å². The topological polar surface area (TPSA) is 71.1 Å². The molecule has 0 saturated carbocycles. The summed E-state index contributed by atoms with van der Waals surface area (Å²) in [4.78, 5) is 29.4. The fraction of sp³-hybridized carbons (Fsp3) is 0.364. The summed E-state index contributed by atoms with van der Waals surface area (Å²) in [6.07, 6.45) is 0.416. The minimum atomic E-state index is -0.219. The molecule has 1 fully saturated rings. The number of para-hydroxylation sites is 1. The first-order chi connectivity index (χ1) is 14.2. The van der Waals surface area contributed by atoms with Crippen molar-refractivity contribution in [1.29, 1.82) is 0 Å². The van der Waals surface area contributed by atoms with Gasteiger partial charge in [0.2, 0.25) is 0 Å². The highest BCUT2D eigenvalue weighted by Gasteiger charge is 2.29. The SMILES string of the molecule is COc1cc(C(=O)CCN2CCOCC2)cc2c1CNC(=O)N2c1ccccc1. The number of hydrogen-bond acceptors (Lipinski definition) is 5. The van der Waals surface area contributed by atoms with Crippen LogP contribution in [0.2, 0.25) is 0 Å². The highest BCUT2D eigenvalue weighted by atomic mass is 16.5. The summed E-state index contributed by atoms with van der Waals surface area (Å²) in [5.41, 5.74) is 2.85. The van der Waals surface area contributed by atoms with Crippen molar-refractivity contribution in [2.45, 2.75) is 13.0 Å². The Labute approximate surface area is 170 Å². The number of ketones is 1. The molecule has 0 spiro atoms. The number of amides is 2. The Morgan fingerprint density at radius 2 is 1.93 bits per heavy atom. The van der Waals surface area contributed by atoms with Crippen LogP contribution in [0.5, 0.6) is 5.75 Å². The van der Waals surface area contributed by atoms with Crippen molar-refractivity contribution in [3.05, 3.63) is 53.6 Å². The third-order valence-electron chi connectivity index (χ3n) is 5.36. The molecule has 0 radical (unpaired) electrons. The van der Waals surface area contributed by atoms with Crippen LogP contribution in [0.25, 0.3) is 0 Å². The second-order valence-corrected chi connectivity index (χ2v) is 7.13. The van der Waals surface area contributed by atoms with Gasteiger partial charge in [0, 0.05) is 37.2 Å². The fourth-order valence-electron chi connectivity index (χ4n) is 3.77. The average molecular weight is 395 g/mol. The Morgan fingerprint density at radius 3 is 2.66 bits per heavy atom. The molecule has 2 amide bonds. The van der Waals surface area contributed by atoms with E-state index in [1.54, 1.807) is 18.1 Å². The quantitative estimate of drug-likeness (QED) is 0.762. The summed E-state index contributed by atoms with van der Waals surface area (Å²) in [5, 5.41) is 2.88. The van der Waals surface area contributed by atoms with Crippen molar-refractivity contribution < 1.29 is 19.1 Å². The molecule has 0 unspecified atom stereocenters. The summed E-state index contributed by atoms with van der Waals surface area (Å²) < 4.78 is 10.9. The molecule has 1 N–H and O–H groups in total. The molecule has 2 aromatic rings. The molecule has 0 aromatic heterocycles. The lowest BCUT2D eigenvalue weighted by molar-refractivity contribution is 0.0370. The zero-order chi connectivity index (χ0) is 20.2. The van der Waals surface area contributed by atoms with Gasteiger partial charge in [-0.1, -0.05) is 18.2 Å². The predicted octanol–water partition coefficient (Wildman–Crippen LogP) is 2.96. The molecule has 7 heteroatoms. The third kappa shape index (κ3) is 4.11. The van der Waals surface area contributed by atoms with Gasteiger partial charge >= 0.3 is 6.03 Å². The molecule has 4 rings (SSSR count). The van der Waals surface area contributed by atoms with Gasteiger partial charge in [0.25, 0.3) is 0 Å². The average Bonchev–Trinajstić information content (AvgIpc) is 2.77. The number of nitrogens with zero attached hydrogens (tertiary/aromatic N) is 2. The maximum atomic E-state index is 12.9. The van der Waals surface area contributed by atoms with Gasteiger partial charge in [-0.15, -0.1) is 0 Å². The van der Waals surface area contributed by atoms with E-state index >= 15 is 0 Å². The molecule has 1 saturated heterocycles. The lowest BCUT2D eigenvalue weighted by Crippen LogP contribution is -2.41. The van der Waals surface area contributed by atoms with Gasteiger partial charge in [-0.2, -0.15) is 0 Å². The number of fused-ring (bicyclic) bond motifs is 1. The number of rotatable bonds is 6. The maximum absolute atomic E-state index is 12.9. The summed E-state index contributed by atoms with van der Waals surface area (Å²) >= 11 is 0. The zero-order valence-electron chi connectivity index (χ0n) is 16.5. The van der Waals surface area contributed by atoms with Crippen LogP contribution in [-0.2, 0) is 11.3 Å². The Hall–Kier alpha value is -2.90. The molecular formula is C22H25N3O4. The number of nitrogens with one attached hydrogen (secondary N) is 1. The van der Waals surface area contributed by atoms with E-state index in [1.807, 2.05) is 36.4 Å². The van der Waals surface area contributed by atoms with Crippen LogP contribution in [-0.4, -0.2) is 56.7 Å². The summed E-state index contributed by atoms with van der Waals surface area (Å²) in [5.74, 6) is 0.648. The summed E-state index contributed by atoms with van der Waals surface area (Å²) in [7, 11) is 1.58. The first-order valence-corrected chi connectivity index (χ1v) is 9.84. The molecule has 29 heavy (non-hydrogen) atoms. The minimum absolute atomic E-state index is 0.0385. The van der Waals surface area contributed by atoms with E-state index in [4.69, 9.17) is 9.47 Å². The first-order valence-electron chi connectivity index (χ1n) is 9.84. The number of urea groups is 1. The van der Waals surface area contributed by atoms with Gasteiger partial charge in [-0.05, 0) is 24.3 Å². The van der Waals surface area contributed by atoms with Crippen molar-refractivity contribution in [1.82, 2.24) is 10.2 Å². The Bertz CT molecular complexity index is 894. The van der Waals surface area contributed by atoms with E-state index in [1.165, 1.54) is 0 Å². The first kappa shape index (κ1) is 19.4. The van der Waals surface area contributed by atoms with E-state index in [9.17, 15) is 9.59 Å². The van der Waals surface area contributed by atoms with Crippen LogP contribution < -0.4 is 15.0 Å². The minimum Gasteiger partial charge on any atom is -0.496 e. The van der Waals surface area contributed by atoms with Gasteiger partial charge in [0.05, 0.1) is 38.2 Å². The standard InChI is InChI=1S/C22H25N3O4/c1-28-21-14-16(20(26)7-8-24-9-11-29-12-10-24)13-19-18(21)15-23-22(27)25(19)17-5-3-2-4-6-17/h2-6,13-14H,7-12,15H2,1H3,(H,23,27). The molecule has 0 aliphatic carbocycles. The molecule has 7 nitrogen and oxygen atoms in total. The lowest BCUT2D eigenvalue weighted by atomic mass is 10.00. The number of hydrogen-bond donors (Lipinski definition) is 1. The second-order valence-electron chi connectivity index (χ2n) is 7.13. The molecule has 2 aliphatic heterocycles. The molecule has 0 bridgehead atoms. The van der Waals surface area contributed by atoms with Gasteiger partial charge in [-0.3, -0.25) is 14.6 Å². The Morgan fingerprint density at radius 1 is 1.17 bits per heavy atom. The molecule has 2 aromatic carbocycles. The molecule has 2 heterocycles. The van der Waals surface area contributed by atoms with Crippen LogP contribution in [0.15, 0.2) is 42.5 Å². The maximum Gasteiger partial charge on any atom is 0.326 e. The molecular weight excluding hydrogens is 370 g/mol. The van der Waals surface area contributed by atoms with Crippen LogP contribution in [0, 0.1) is 0 Å². The largest absolute Gasteiger partial charge is 0.496 e. The molecule has 2 aliphatic rings. The Balaban J connectivity index is 1.64. The Kier molecular flexibility index (Phi) is 5.78. The summed E-state index contributed by atoms with van der Waals surface area (Å²) in [6.45, 7) is 4.18. The van der Waals surface area contributed by atoms with Gasteiger partial charge < -0.3 is 14.8 Å². The molecule has 152 valence electrons. The van der Waals surface area contributed by atoms with E-state index in [0.29, 0.717) is 49.7 Å². The van der Waals surface area contributed by atoms with Crippen LogP contribution in [0.4, 0.5) is 16.2 Å². The second kappa shape index (κ2) is 8.63. The van der Waals surface area contributed by atoms with Crippen molar-refractivity contribution in [2.24, 2.45) is 0 Å². The highest BCUT2D eigenvalue weighted by molar-refractivity contribution is 6.05. The van der Waals surface area contributed by atoms with E-state index in [-0.39, 0.29) is 11.8 Å². The number of anilines is 2. The van der Waals surface area contributed by atoms with Crippen LogP contribution in [0.3, 0.4) is 0 Å².